The lowest BCUT2D eigenvalue weighted by Crippen LogP contribution is -2.01. The van der Waals surface area contributed by atoms with Crippen LogP contribution in [-0.2, 0) is 7.05 Å². The highest BCUT2D eigenvalue weighted by Crippen LogP contribution is 2.37. The Labute approximate surface area is 84.1 Å². The van der Waals surface area contributed by atoms with Crippen LogP contribution in [0.5, 0.6) is 0 Å². The molecule has 1 aromatic heterocycles. The first kappa shape index (κ1) is 11.8. The molecule has 1 saturated carbocycles. The molecule has 1 heterocycles. The van der Waals surface area contributed by atoms with Gasteiger partial charge in [0.2, 0.25) is 0 Å². The molecule has 2 rings (SSSR count). The first-order chi connectivity index (χ1) is 4.77. The standard InChI is InChI=1S/C7H11N3.2ClH/c1-10-3-2-7(9-10)5-4-6(5)8;;/h2-3,5-6H,4,8H2,1H3;2*1H/t5-,6-;;/m1../s1. The van der Waals surface area contributed by atoms with Crippen molar-refractivity contribution < 1.29 is 0 Å². The average molecular weight is 210 g/mol. The van der Waals surface area contributed by atoms with E-state index in [-0.39, 0.29) is 24.8 Å². The van der Waals surface area contributed by atoms with Crippen molar-refractivity contribution in [2.75, 3.05) is 0 Å². The van der Waals surface area contributed by atoms with Crippen molar-refractivity contribution >= 4 is 24.8 Å². The third-order valence-corrected chi connectivity index (χ3v) is 1.95. The summed E-state index contributed by atoms with van der Waals surface area (Å²) in [5, 5.41) is 4.26. The molecule has 0 aromatic carbocycles. The summed E-state index contributed by atoms with van der Waals surface area (Å²) in [6.45, 7) is 0. The van der Waals surface area contributed by atoms with E-state index < -0.39 is 0 Å². The summed E-state index contributed by atoms with van der Waals surface area (Å²) in [5.41, 5.74) is 6.81. The molecule has 0 unspecified atom stereocenters. The molecule has 1 fully saturated rings. The van der Waals surface area contributed by atoms with Crippen molar-refractivity contribution in [2.45, 2.75) is 18.4 Å². The molecule has 2 N–H and O–H groups in total. The second kappa shape index (κ2) is 4.12. The zero-order chi connectivity index (χ0) is 7.14. The molecule has 70 valence electrons. The minimum atomic E-state index is 0. The van der Waals surface area contributed by atoms with Gasteiger partial charge >= 0.3 is 0 Å². The fourth-order valence-electron chi connectivity index (χ4n) is 1.19. The van der Waals surface area contributed by atoms with Crippen LogP contribution in [0.15, 0.2) is 12.3 Å². The van der Waals surface area contributed by atoms with Crippen molar-refractivity contribution in [1.29, 1.82) is 0 Å². The van der Waals surface area contributed by atoms with Gasteiger partial charge in [-0.15, -0.1) is 24.8 Å². The van der Waals surface area contributed by atoms with Crippen molar-refractivity contribution in [3.63, 3.8) is 0 Å². The van der Waals surface area contributed by atoms with E-state index in [2.05, 4.69) is 5.10 Å². The van der Waals surface area contributed by atoms with E-state index in [4.69, 9.17) is 5.73 Å². The van der Waals surface area contributed by atoms with Crippen LogP contribution in [0.3, 0.4) is 0 Å². The van der Waals surface area contributed by atoms with E-state index in [1.807, 2.05) is 24.0 Å². The monoisotopic (exact) mass is 209 g/mol. The summed E-state index contributed by atoms with van der Waals surface area (Å²) in [6.07, 6.45) is 3.07. The van der Waals surface area contributed by atoms with Gasteiger partial charge in [-0.25, -0.2) is 0 Å². The van der Waals surface area contributed by atoms with Crippen LogP contribution in [0.2, 0.25) is 0 Å². The lowest BCUT2D eigenvalue weighted by atomic mass is 10.3. The largest absolute Gasteiger partial charge is 0.327 e. The summed E-state index contributed by atoms with van der Waals surface area (Å²) in [7, 11) is 1.93. The van der Waals surface area contributed by atoms with E-state index in [0.29, 0.717) is 12.0 Å². The summed E-state index contributed by atoms with van der Waals surface area (Å²) in [4.78, 5) is 0. The van der Waals surface area contributed by atoms with Crippen LogP contribution >= 0.6 is 24.8 Å². The highest BCUT2D eigenvalue weighted by molar-refractivity contribution is 5.85. The molecular formula is C7H13Cl2N3. The molecule has 5 heteroatoms. The summed E-state index contributed by atoms with van der Waals surface area (Å²) < 4.78 is 1.82. The maximum absolute atomic E-state index is 5.66. The summed E-state index contributed by atoms with van der Waals surface area (Å²) in [6, 6.07) is 2.41. The van der Waals surface area contributed by atoms with Gasteiger partial charge in [-0.05, 0) is 12.5 Å². The zero-order valence-electron chi connectivity index (χ0n) is 6.80. The number of aryl methyl sites for hydroxylation is 1. The molecule has 1 aliphatic carbocycles. The van der Waals surface area contributed by atoms with Crippen LogP contribution in [0, 0.1) is 0 Å². The van der Waals surface area contributed by atoms with Crippen molar-refractivity contribution in [3.05, 3.63) is 18.0 Å². The highest BCUT2D eigenvalue weighted by Gasteiger charge is 2.36. The van der Waals surface area contributed by atoms with Gasteiger partial charge in [-0.2, -0.15) is 5.10 Å². The van der Waals surface area contributed by atoms with Crippen molar-refractivity contribution in [3.8, 4) is 0 Å². The predicted octanol–water partition coefficient (Wildman–Crippen LogP) is 1.08. The smallest absolute Gasteiger partial charge is 0.0671 e. The molecule has 0 amide bonds. The molecule has 12 heavy (non-hydrogen) atoms. The molecule has 0 aliphatic heterocycles. The Balaban J connectivity index is 0.000000605. The predicted molar refractivity (Wildman–Crippen MR) is 53.0 cm³/mol. The Hall–Kier alpha value is -0.250. The summed E-state index contributed by atoms with van der Waals surface area (Å²) in [5.74, 6) is 0.543. The van der Waals surface area contributed by atoms with E-state index in [1.54, 1.807) is 0 Å². The Morgan fingerprint density at radius 3 is 2.50 bits per heavy atom. The third kappa shape index (κ3) is 2.12. The Bertz CT molecular complexity index is 249. The first-order valence-corrected chi connectivity index (χ1v) is 3.52. The number of halogens is 2. The van der Waals surface area contributed by atoms with Gasteiger partial charge in [0.1, 0.15) is 0 Å². The van der Waals surface area contributed by atoms with Gasteiger partial charge in [0.15, 0.2) is 0 Å². The number of hydrogen-bond donors (Lipinski definition) is 1. The van der Waals surface area contributed by atoms with Gasteiger partial charge < -0.3 is 5.73 Å². The fraction of sp³-hybridized carbons (Fsp3) is 0.571. The minimum Gasteiger partial charge on any atom is -0.327 e. The zero-order valence-corrected chi connectivity index (χ0v) is 8.44. The van der Waals surface area contributed by atoms with E-state index in [0.717, 1.165) is 12.1 Å². The topological polar surface area (TPSA) is 43.8 Å². The van der Waals surface area contributed by atoms with Gasteiger partial charge in [-0.1, -0.05) is 0 Å². The maximum atomic E-state index is 5.66. The SMILES string of the molecule is Cl.Cl.Cn1ccc([C@@H]2C[C@H]2N)n1. The highest BCUT2D eigenvalue weighted by atomic mass is 35.5. The van der Waals surface area contributed by atoms with Gasteiger partial charge in [0.25, 0.3) is 0 Å². The van der Waals surface area contributed by atoms with Gasteiger partial charge in [-0.3, -0.25) is 4.68 Å². The van der Waals surface area contributed by atoms with Crippen LogP contribution in [0.1, 0.15) is 18.0 Å². The minimum absolute atomic E-state index is 0. The lowest BCUT2D eigenvalue weighted by molar-refractivity contribution is 0.740. The maximum Gasteiger partial charge on any atom is 0.0671 e. The molecule has 3 nitrogen and oxygen atoms in total. The van der Waals surface area contributed by atoms with Crippen LogP contribution in [0.25, 0.3) is 0 Å². The Morgan fingerprint density at radius 1 is 1.58 bits per heavy atom. The molecule has 1 aromatic rings. The van der Waals surface area contributed by atoms with Crippen molar-refractivity contribution in [1.82, 2.24) is 9.78 Å². The number of rotatable bonds is 1. The van der Waals surface area contributed by atoms with E-state index >= 15 is 0 Å². The van der Waals surface area contributed by atoms with Crippen LogP contribution in [-0.4, -0.2) is 15.8 Å². The summed E-state index contributed by atoms with van der Waals surface area (Å²) >= 11 is 0. The Morgan fingerprint density at radius 2 is 2.17 bits per heavy atom. The normalized spacial score (nSPS) is 25.5. The molecule has 0 saturated heterocycles. The van der Waals surface area contributed by atoms with Crippen LogP contribution in [0.4, 0.5) is 0 Å². The van der Waals surface area contributed by atoms with Crippen molar-refractivity contribution in [2.24, 2.45) is 12.8 Å². The molecule has 0 radical (unpaired) electrons. The molecular weight excluding hydrogens is 197 g/mol. The quantitative estimate of drug-likeness (QED) is 0.753. The number of aromatic nitrogens is 2. The second-order valence-electron chi connectivity index (χ2n) is 2.92. The fourth-order valence-corrected chi connectivity index (χ4v) is 1.19. The molecule has 0 spiro atoms. The lowest BCUT2D eigenvalue weighted by Gasteiger charge is -1.88. The number of nitrogens with two attached hydrogens (primary N) is 1. The molecule has 1 aliphatic rings. The van der Waals surface area contributed by atoms with Crippen LogP contribution < -0.4 is 5.73 Å². The number of nitrogens with zero attached hydrogens (tertiary/aromatic N) is 2. The average Bonchev–Trinajstić information content (AvgIpc) is 2.42. The number of hydrogen-bond acceptors (Lipinski definition) is 2. The Kier molecular flexibility index (Phi) is 4.03. The van der Waals surface area contributed by atoms with E-state index in [9.17, 15) is 0 Å². The first-order valence-electron chi connectivity index (χ1n) is 3.52. The van der Waals surface area contributed by atoms with E-state index in [1.165, 1.54) is 0 Å². The van der Waals surface area contributed by atoms with Gasteiger partial charge in [0, 0.05) is 25.2 Å². The molecule has 2 atom stereocenters. The third-order valence-electron chi connectivity index (χ3n) is 1.95. The second-order valence-corrected chi connectivity index (χ2v) is 2.92. The molecule has 0 bridgehead atoms. The van der Waals surface area contributed by atoms with Gasteiger partial charge in [0.05, 0.1) is 5.69 Å².